The number of aliphatic hydroxyl groups is 1. The molecule has 1 fully saturated rings. The minimum Gasteiger partial charge on any atom is -0.395 e. The van der Waals surface area contributed by atoms with Crippen molar-refractivity contribution in [1.29, 1.82) is 0 Å². The van der Waals surface area contributed by atoms with Gasteiger partial charge in [0.2, 0.25) is 0 Å². The Bertz CT molecular complexity index is 119. The third kappa shape index (κ3) is 1.94. The van der Waals surface area contributed by atoms with Gasteiger partial charge in [0, 0.05) is 19.1 Å². The maximum absolute atomic E-state index is 8.85. The lowest BCUT2D eigenvalue weighted by atomic mass is 9.87. The van der Waals surface area contributed by atoms with E-state index in [9.17, 15) is 0 Å². The van der Waals surface area contributed by atoms with Crippen LogP contribution in [0.3, 0.4) is 0 Å². The Morgan fingerprint density at radius 3 is 2.27 bits per heavy atom. The van der Waals surface area contributed by atoms with Crippen molar-refractivity contribution in [3.05, 3.63) is 0 Å². The smallest absolute Gasteiger partial charge is 0.0584 e. The second kappa shape index (κ2) is 3.55. The number of rotatable bonds is 3. The third-order valence-corrected chi connectivity index (χ3v) is 2.77. The van der Waals surface area contributed by atoms with Crippen LogP contribution in [0.5, 0.6) is 0 Å². The molecule has 0 aliphatic carbocycles. The SMILES string of the molecule is CC(C)C1CN([C@H](C)CO)C1. The van der Waals surface area contributed by atoms with Crippen LogP contribution in [0, 0.1) is 11.8 Å². The van der Waals surface area contributed by atoms with Crippen molar-refractivity contribution >= 4 is 0 Å². The number of hydrogen-bond donors (Lipinski definition) is 1. The summed E-state index contributed by atoms with van der Waals surface area (Å²) in [5.41, 5.74) is 0. The largest absolute Gasteiger partial charge is 0.395 e. The molecule has 0 aromatic heterocycles. The van der Waals surface area contributed by atoms with E-state index >= 15 is 0 Å². The van der Waals surface area contributed by atoms with Gasteiger partial charge in [-0.1, -0.05) is 13.8 Å². The number of aliphatic hydroxyl groups excluding tert-OH is 1. The molecule has 1 saturated heterocycles. The standard InChI is InChI=1S/C9H19NO/c1-7(2)9-4-10(5-9)8(3)6-11/h7-9,11H,4-6H2,1-3H3/t8-/m1/s1. The van der Waals surface area contributed by atoms with Crippen LogP contribution in [0.4, 0.5) is 0 Å². The molecule has 1 rings (SSSR count). The van der Waals surface area contributed by atoms with E-state index in [4.69, 9.17) is 5.11 Å². The van der Waals surface area contributed by atoms with E-state index in [1.807, 2.05) is 0 Å². The lowest BCUT2D eigenvalue weighted by molar-refractivity contribution is 0.0123. The Labute approximate surface area is 69.2 Å². The molecule has 1 N–H and O–H groups in total. The van der Waals surface area contributed by atoms with Crippen molar-refractivity contribution < 1.29 is 5.11 Å². The van der Waals surface area contributed by atoms with Crippen LogP contribution in [0.15, 0.2) is 0 Å². The topological polar surface area (TPSA) is 23.5 Å². The summed E-state index contributed by atoms with van der Waals surface area (Å²) in [6.07, 6.45) is 0. The van der Waals surface area contributed by atoms with Crippen molar-refractivity contribution in [3.63, 3.8) is 0 Å². The van der Waals surface area contributed by atoms with Crippen LogP contribution in [-0.4, -0.2) is 35.7 Å². The quantitative estimate of drug-likeness (QED) is 0.659. The zero-order chi connectivity index (χ0) is 8.43. The second-order valence-electron chi connectivity index (χ2n) is 3.99. The molecule has 1 heterocycles. The van der Waals surface area contributed by atoms with Gasteiger partial charge < -0.3 is 5.11 Å². The third-order valence-electron chi connectivity index (χ3n) is 2.77. The van der Waals surface area contributed by atoms with Crippen molar-refractivity contribution in [2.75, 3.05) is 19.7 Å². The molecule has 1 aliphatic rings. The van der Waals surface area contributed by atoms with Crippen LogP contribution >= 0.6 is 0 Å². The Balaban J connectivity index is 2.18. The first-order valence-corrected chi connectivity index (χ1v) is 4.50. The lowest BCUT2D eigenvalue weighted by Crippen LogP contribution is -2.53. The summed E-state index contributed by atoms with van der Waals surface area (Å²) in [6, 6.07) is 0.366. The van der Waals surface area contributed by atoms with Crippen LogP contribution in [0.2, 0.25) is 0 Å². The maximum Gasteiger partial charge on any atom is 0.0584 e. The molecular formula is C9H19NO. The van der Waals surface area contributed by atoms with Gasteiger partial charge in [0.15, 0.2) is 0 Å². The second-order valence-corrected chi connectivity index (χ2v) is 3.99. The monoisotopic (exact) mass is 157 g/mol. The molecule has 0 aromatic rings. The minimum atomic E-state index is 0.296. The fourth-order valence-corrected chi connectivity index (χ4v) is 1.45. The average Bonchev–Trinajstić information content (AvgIpc) is 1.83. The average molecular weight is 157 g/mol. The predicted octanol–water partition coefficient (Wildman–Crippen LogP) is 0.955. The van der Waals surface area contributed by atoms with Gasteiger partial charge in [-0.2, -0.15) is 0 Å². The van der Waals surface area contributed by atoms with Gasteiger partial charge in [-0.3, -0.25) is 4.90 Å². The number of nitrogens with zero attached hydrogens (tertiary/aromatic N) is 1. The first-order valence-electron chi connectivity index (χ1n) is 4.50. The molecule has 1 aliphatic heterocycles. The molecule has 66 valence electrons. The molecule has 1 atom stereocenters. The van der Waals surface area contributed by atoms with Gasteiger partial charge in [-0.05, 0) is 18.8 Å². The normalized spacial score (nSPS) is 23.7. The van der Waals surface area contributed by atoms with Crippen molar-refractivity contribution in [3.8, 4) is 0 Å². The van der Waals surface area contributed by atoms with E-state index < -0.39 is 0 Å². The fraction of sp³-hybridized carbons (Fsp3) is 1.00. The maximum atomic E-state index is 8.85. The highest BCUT2D eigenvalue weighted by atomic mass is 16.3. The highest BCUT2D eigenvalue weighted by molar-refractivity contribution is 4.84. The van der Waals surface area contributed by atoms with E-state index in [0.717, 1.165) is 11.8 Å². The highest BCUT2D eigenvalue weighted by Gasteiger charge is 2.31. The summed E-state index contributed by atoms with van der Waals surface area (Å²) in [4.78, 5) is 2.34. The van der Waals surface area contributed by atoms with E-state index in [1.54, 1.807) is 0 Å². The summed E-state index contributed by atoms with van der Waals surface area (Å²) in [5.74, 6) is 1.67. The molecule has 0 radical (unpaired) electrons. The zero-order valence-corrected chi connectivity index (χ0v) is 7.75. The van der Waals surface area contributed by atoms with E-state index in [-0.39, 0.29) is 0 Å². The molecule has 2 nitrogen and oxygen atoms in total. The first-order chi connectivity index (χ1) is 5.15. The summed E-state index contributed by atoms with van der Waals surface area (Å²) in [6.45, 7) is 9.28. The van der Waals surface area contributed by atoms with Crippen molar-refractivity contribution in [2.24, 2.45) is 11.8 Å². The van der Waals surface area contributed by atoms with Crippen molar-refractivity contribution in [2.45, 2.75) is 26.8 Å². The van der Waals surface area contributed by atoms with E-state index in [2.05, 4.69) is 25.7 Å². The molecular weight excluding hydrogens is 138 g/mol. The van der Waals surface area contributed by atoms with Crippen LogP contribution in [0.25, 0.3) is 0 Å². The zero-order valence-electron chi connectivity index (χ0n) is 7.75. The summed E-state index contributed by atoms with van der Waals surface area (Å²) in [7, 11) is 0. The molecule has 0 saturated carbocycles. The molecule has 11 heavy (non-hydrogen) atoms. The Morgan fingerprint density at radius 1 is 1.36 bits per heavy atom. The Hall–Kier alpha value is -0.0800. The van der Waals surface area contributed by atoms with Crippen LogP contribution < -0.4 is 0 Å². The highest BCUT2D eigenvalue weighted by Crippen LogP contribution is 2.24. The van der Waals surface area contributed by atoms with Gasteiger partial charge in [0.1, 0.15) is 0 Å². The summed E-state index contributed by atoms with van der Waals surface area (Å²) in [5, 5.41) is 8.85. The minimum absolute atomic E-state index is 0.296. The van der Waals surface area contributed by atoms with Gasteiger partial charge in [0.05, 0.1) is 6.61 Å². The Kier molecular flexibility index (Phi) is 2.90. The fourth-order valence-electron chi connectivity index (χ4n) is 1.45. The van der Waals surface area contributed by atoms with Gasteiger partial charge >= 0.3 is 0 Å². The Morgan fingerprint density at radius 2 is 1.91 bits per heavy atom. The van der Waals surface area contributed by atoms with Crippen LogP contribution in [0.1, 0.15) is 20.8 Å². The lowest BCUT2D eigenvalue weighted by Gasteiger charge is -2.44. The van der Waals surface area contributed by atoms with Crippen molar-refractivity contribution in [1.82, 2.24) is 4.90 Å². The molecule has 0 spiro atoms. The number of likely N-dealkylation sites (tertiary alicyclic amines) is 1. The van der Waals surface area contributed by atoms with Gasteiger partial charge in [0.25, 0.3) is 0 Å². The molecule has 0 amide bonds. The predicted molar refractivity (Wildman–Crippen MR) is 46.4 cm³/mol. The van der Waals surface area contributed by atoms with Gasteiger partial charge in [-0.15, -0.1) is 0 Å². The summed E-state index contributed by atoms with van der Waals surface area (Å²) < 4.78 is 0. The van der Waals surface area contributed by atoms with E-state index in [1.165, 1.54) is 13.1 Å². The number of hydrogen-bond acceptors (Lipinski definition) is 2. The summed E-state index contributed by atoms with van der Waals surface area (Å²) >= 11 is 0. The molecule has 0 aromatic carbocycles. The van der Waals surface area contributed by atoms with E-state index in [0.29, 0.717) is 12.6 Å². The molecule has 0 unspecified atom stereocenters. The van der Waals surface area contributed by atoms with Crippen LogP contribution in [-0.2, 0) is 0 Å². The first kappa shape index (κ1) is 9.01. The van der Waals surface area contributed by atoms with Gasteiger partial charge in [-0.25, -0.2) is 0 Å². The molecule has 2 heteroatoms. The molecule has 0 bridgehead atoms.